The Labute approximate surface area is 149 Å². The summed E-state index contributed by atoms with van der Waals surface area (Å²) in [6.07, 6.45) is 1.15. The first-order chi connectivity index (χ1) is 11.8. The predicted molar refractivity (Wildman–Crippen MR) is 98.0 cm³/mol. The van der Waals surface area contributed by atoms with Crippen molar-refractivity contribution in [2.24, 2.45) is 0 Å². The number of aryl methyl sites for hydroxylation is 1. The number of para-hydroxylation sites is 1. The molecule has 25 heavy (non-hydrogen) atoms. The van der Waals surface area contributed by atoms with Crippen molar-refractivity contribution in [3.8, 4) is 5.75 Å². The molecule has 0 spiro atoms. The number of hydrogen-bond acceptors (Lipinski definition) is 6. The third kappa shape index (κ3) is 4.15. The molecule has 0 aliphatic carbocycles. The number of ether oxygens (including phenoxy) is 1. The van der Waals surface area contributed by atoms with Gasteiger partial charge in [-0.15, -0.1) is 0 Å². The van der Waals surface area contributed by atoms with Crippen molar-refractivity contribution >= 4 is 42.4 Å². The van der Waals surface area contributed by atoms with Gasteiger partial charge in [-0.2, -0.15) is 0 Å². The van der Waals surface area contributed by atoms with E-state index in [0.29, 0.717) is 21.1 Å². The van der Waals surface area contributed by atoms with Gasteiger partial charge in [0.15, 0.2) is 21.6 Å². The molecule has 3 aromatic rings. The summed E-state index contributed by atoms with van der Waals surface area (Å²) in [4.78, 5) is 16.5. The molecule has 0 unspecified atom stereocenters. The molecule has 1 aromatic heterocycles. The zero-order valence-corrected chi connectivity index (χ0v) is 15.3. The van der Waals surface area contributed by atoms with Crippen LogP contribution in [0.1, 0.15) is 5.56 Å². The van der Waals surface area contributed by atoms with E-state index in [1.165, 1.54) is 17.4 Å². The van der Waals surface area contributed by atoms with Crippen LogP contribution in [0.4, 0.5) is 5.13 Å². The number of benzene rings is 2. The minimum atomic E-state index is -3.28. The SMILES string of the molecule is Cc1ccccc1OCC(=O)Nc1nc2ccc(S(C)(=O)=O)cc2s1. The Morgan fingerprint density at radius 2 is 2.00 bits per heavy atom. The molecule has 0 saturated carbocycles. The molecule has 0 saturated heterocycles. The minimum absolute atomic E-state index is 0.130. The summed E-state index contributed by atoms with van der Waals surface area (Å²) in [7, 11) is -3.28. The van der Waals surface area contributed by atoms with Crippen LogP contribution in [0.2, 0.25) is 0 Å². The summed E-state index contributed by atoms with van der Waals surface area (Å²) < 4.78 is 29.4. The van der Waals surface area contributed by atoms with E-state index >= 15 is 0 Å². The molecule has 6 nitrogen and oxygen atoms in total. The number of fused-ring (bicyclic) bond motifs is 1. The quantitative estimate of drug-likeness (QED) is 0.740. The number of nitrogens with one attached hydrogen (secondary N) is 1. The average Bonchev–Trinajstić information content (AvgIpc) is 2.94. The average molecular weight is 376 g/mol. The van der Waals surface area contributed by atoms with Gasteiger partial charge >= 0.3 is 0 Å². The number of hydrogen-bond donors (Lipinski definition) is 1. The highest BCUT2D eigenvalue weighted by atomic mass is 32.2. The van der Waals surface area contributed by atoms with Crippen molar-refractivity contribution in [3.05, 3.63) is 48.0 Å². The molecule has 0 aliphatic heterocycles. The van der Waals surface area contributed by atoms with Crippen molar-refractivity contribution in [2.75, 3.05) is 18.2 Å². The fraction of sp³-hybridized carbons (Fsp3) is 0.176. The highest BCUT2D eigenvalue weighted by Crippen LogP contribution is 2.28. The normalized spacial score (nSPS) is 11.4. The van der Waals surface area contributed by atoms with Crippen LogP contribution in [-0.2, 0) is 14.6 Å². The third-order valence-corrected chi connectivity index (χ3v) is 5.53. The highest BCUT2D eigenvalue weighted by Gasteiger charge is 2.12. The van der Waals surface area contributed by atoms with Crippen LogP contribution in [-0.4, -0.2) is 32.2 Å². The maximum Gasteiger partial charge on any atom is 0.264 e. The summed E-state index contributed by atoms with van der Waals surface area (Å²) in [5.74, 6) is 0.324. The van der Waals surface area contributed by atoms with Crippen LogP contribution in [0.3, 0.4) is 0 Å². The lowest BCUT2D eigenvalue weighted by molar-refractivity contribution is -0.118. The number of amides is 1. The lowest BCUT2D eigenvalue weighted by Crippen LogP contribution is -2.20. The van der Waals surface area contributed by atoms with Crippen LogP contribution < -0.4 is 10.1 Å². The monoisotopic (exact) mass is 376 g/mol. The van der Waals surface area contributed by atoms with Crippen LogP contribution in [0, 0.1) is 6.92 Å². The van der Waals surface area contributed by atoms with Gasteiger partial charge < -0.3 is 4.74 Å². The Hall–Kier alpha value is -2.45. The van der Waals surface area contributed by atoms with Gasteiger partial charge in [0, 0.05) is 6.26 Å². The number of aromatic nitrogens is 1. The molecular formula is C17H16N2O4S2. The fourth-order valence-corrected chi connectivity index (χ4v) is 3.85. The van der Waals surface area contributed by atoms with E-state index in [-0.39, 0.29) is 17.4 Å². The first-order valence-corrected chi connectivity index (χ1v) is 10.1. The van der Waals surface area contributed by atoms with Crippen molar-refractivity contribution in [1.82, 2.24) is 4.98 Å². The van der Waals surface area contributed by atoms with Gasteiger partial charge in [0.2, 0.25) is 0 Å². The predicted octanol–water partition coefficient (Wildman–Crippen LogP) is 3.03. The Morgan fingerprint density at radius 3 is 2.72 bits per heavy atom. The van der Waals surface area contributed by atoms with Crippen LogP contribution in [0.25, 0.3) is 10.2 Å². The second kappa shape index (κ2) is 6.81. The van der Waals surface area contributed by atoms with Crippen molar-refractivity contribution in [2.45, 2.75) is 11.8 Å². The van der Waals surface area contributed by atoms with Gasteiger partial charge in [-0.05, 0) is 36.8 Å². The van der Waals surface area contributed by atoms with E-state index < -0.39 is 9.84 Å². The van der Waals surface area contributed by atoms with E-state index in [1.54, 1.807) is 18.2 Å². The lowest BCUT2D eigenvalue weighted by Gasteiger charge is -2.07. The van der Waals surface area contributed by atoms with Gasteiger partial charge in [-0.25, -0.2) is 13.4 Å². The molecule has 0 aliphatic rings. The second-order valence-corrected chi connectivity index (χ2v) is 8.57. The number of anilines is 1. The first-order valence-electron chi connectivity index (χ1n) is 7.42. The summed E-state index contributed by atoms with van der Waals surface area (Å²) in [6, 6.07) is 12.1. The summed E-state index contributed by atoms with van der Waals surface area (Å²) in [5.41, 5.74) is 1.58. The van der Waals surface area contributed by atoms with Crippen molar-refractivity contribution in [1.29, 1.82) is 0 Å². The molecule has 1 N–H and O–H groups in total. The molecule has 8 heteroatoms. The number of nitrogens with zero attached hydrogens (tertiary/aromatic N) is 1. The minimum Gasteiger partial charge on any atom is -0.483 e. The van der Waals surface area contributed by atoms with Crippen LogP contribution in [0.15, 0.2) is 47.4 Å². The molecular weight excluding hydrogens is 360 g/mol. The van der Waals surface area contributed by atoms with Crippen molar-refractivity contribution in [3.63, 3.8) is 0 Å². The molecule has 130 valence electrons. The number of carbonyl (C=O) groups excluding carboxylic acids is 1. The Balaban J connectivity index is 1.70. The number of carbonyl (C=O) groups is 1. The molecule has 2 aromatic carbocycles. The van der Waals surface area contributed by atoms with Gasteiger partial charge in [0.05, 0.1) is 15.1 Å². The summed E-state index contributed by atoms with van der Waals surface area (Å²) >= 11 is 1.22. The number of sulfone groups is 1. The smallest absolute Gasteiger partial charge is 0.264 e. The maximum atomic E-state index is 12.0. The van der Waals surface area contributed by atoms with Gasteiger partial charge in [-0.3, -0.25) is 10.1 Å². The molecule has 1 amide bonds. The second-order valence-electron chi connectivity index (χ2n) is 5.52. The molecule has 3 rings (SSSR count). The van der Waals surface area contributed by atoms with E-state index in [2.05, 4.69) is 10.3 Å². The third-order valence-electron chi connectivity index (χ3n) is 3.49. The van der Waals surface area contributed by atoms with E-state index in [1.807, 2.05) is 25.1 Å². The molecule has 0 bridgehead atoms. The standard InChI is InChI=1S/C17H16N2O4S2/c1-11-5-3-4-6-14(11)23-10-16(20)19-17-18-13-8-7-12(25(2,21)22)9-15(13)24-17/h3-9H,10H2,1-2H3,(H,18,19,20). The summed E-state index contributed by atoms with van der Waals surface area (Å²) in [5, 5.41) is 3.08. The van der Waals surface area contributed by atoms with Gasteiger partial charge in [0.25, 0.3) is 5.91 Å². The Kier molecular flexibility index (Phi) is 4.73. The van der Waals surface area contributed by atoms with E-state index in [9.17, 15) is 13.2 Å². The molecule has 0 fully saturated rings. The zero-order valence-electron chi connectivity index (χ0n) is 13.6. The van der Waals surface area contributed by atoms with Crippen LogP contribution >= 0.6 is 11.3 Å². The van der Waals surface area contributed by atoms with Gasteiger partial charge in [0.1, 0.15) is 5.75 Å². The number of thiazole rings is 1. The fourth-order valence-electron chi connectivity index (χ4n) is 2.21. The Bertz CT molecular complexity index is 1040. The first kappa shape index (κ1) is 17.4. The molecule has 0 atom stereocenters. The highest BCUT2D eigenvalue weighted by molar-refractivity contribution is 7.90. The largest absolute Gasteiger partial charge is 0.483 e. The topological polar surface area (TPSA) is 85.4 Å². The van der Waals surface area contributed by atoms with Crippen molar-refractivity contribution < 1.29 is 17.9 Å². The van der Waals surface area contributed by atoms with E-state index in [4.69, 9.17) is 4.74 Å². The van der Waals surface area contributed by atoms with E-state index in [0.717, 1.165) is 11.8 Å². The molecule has 1 heterocycles. The molecule has 0 radical (unpaired) electrons. The number of rotatable bonds is 5. The zero-order chi connectivity index (χ0) is 18.0. The lowest BCUT2D eigenvalue weighted by atomic mass is 10.2. The Morgan fingerprint density at radius 1 is 1.24 bits per heavy atom. The van der Waals surface area contributed by atoms with Crippen LogP contribution in [0.5, 0.6) is 5.75 Å². The summed E-state index contributed by atoms with van der Waals surface area (Å²) in [6.45, 7) is 1.77. The maximum absolute atomic E-state index is 12.0. The van der Waals surface area contributed by atoms with Gasteiger partial charge in [-0.1, -0.05) is 29.5 Å².